The molecule has 12 nitrogen and oxygen atoms in total. The molecule has 0 unspecified atom stereocenters. The first-order valence-corrected chi connectivity index (χ1v) is 12.6. The van der Waals surface area contributed by atoms with E-state index < -0.39 is 23.0 Å². The summed E-state index contributed by atoms with van der Waals surface area (Å²) in [6.07, 6.45) is 2.58. The Kier molecular flexibility index (Phi) is 7.20. The lowest BCUT2D eigenvalue weighted by Gasteiger charge is -2.35. The molecule has 39 heavy (non-hydrogen) atoms. The summed E-state index contributed by atoms with van der Waals surface area (Å²) < 4.78 is 11.6. The van der Waals surface area contributed by atoms with E-state index in [-0.39, 0.29) is 41.7 Å². The lowest BCUT2D eigenvalue weighted by molar-refractivity contribution is -0.384. The summed E-state index contributed by atoms with van der Waals surface area (Å²) in [6, 6.07) is 9.17. The average molecular weight is 553 g/mol. The molecule has 5 rings (SSSR count). The third kappa shape index (κ3) is 5.28. The summed E-state index contributed by atoms with van der Waals surface area (Å²) in [5.41, 5.74) is 0.901. The largest absolute Gasteiger partial charge is 0.490 e. The van der Waals surface area contributed by atoms with Crippen LogP contribution in [0.2, 0.25) is 5.02 Å². The van der Waals surface area contributed by atoms with Crippen molar-refractivity contribution in [1.29, 1.82) is 0 Å². The van der Waals surface area contributed by atoms with Crippen LogP contribution in [0.5, 0.6) is 5.75 Å². The quantitative estimate of drug-likeness (QED) is 0.358. The average Bonchev–Trinajstić information content (AvgIpc) is 3.57. The lowest BCUT2D eigenvalue weighted by Crippen LogP contribution is -2.55. The predicted octanol–water partition coefficient (Wildman–Crippen LogP) is 4.12. The topological polar surface area (TPSA) is 143 Å². The number of piperazine rings is 1. The monoisotopic (exact) mass is 552 g/mol. The van der Waals surface area contributed by atoms with Crippen molar-refractivity contribution in [3.05, 3.63) is 87.1 Å². The number of non-ortho nitro benzene ring substituents is 1. The fourth-order valence-corrected chi connectivity index (χ4v) is 4.75. The maximum absolute atomic E-state index is 14.2. The number of hydrogen-bond donors (Lipinski definition) is 1. The molecule has 0 radical (unpaired) electrons. The number of urea groups is 1. The molecule has 1 N–H and O–H groups in total. The molecule has 1 fully saturated rings. The number of oxazole rings is 1. The first-order chi connectivity index (χ1) is 18.7. The molecular weight excluding hydrogens is 528 g/mol. The van der Waals surface area contributed by atoms with Crippen molar-refractivity contribution < 1.29 is 23.7 Å². The van der Waals surface area contributed by atoms with Gasteiger partial charge < -0.3 is 19.4 Å². The molecule has 202 valence electrons. The van der Waals surface area contributed by atoms with Gasteiger partial charge in [-0.15, -0.1) is 0 Å². The highest BCUT2D eigenvalue weighted by Crippen LogP contribution is 2.45. The Morgan fingerprint density at radius 2 is 2.03 bits per heavy atom. The van der Waals surface area contributed by atoms with Gasteiger partial charge in [0.25, 0.3) is 5.69 Å². The van der Waals surface area contributed by atoms with Gasteiger partial charge in [-0.3, -0.25) is 24.8 Å². The number of benzene rings is 2. The minimum atomic E-state index is -0.763. The minimum Gasteiger partial charge on any atom is -0.490 e. The molecule has 2 aromatic carbocycles. The normalized spacial score (nSPS) is 19.2. The molecular formula is C26H25ClN6O6. The van der Waals surface area contributed by atoms with Crippen molar-refractivity contribution in [3.63, 3.8) is 0 Å². The van der Waals surface area contributed by atoms with Crippen LogP contribution in [-0.2, 0) is 4.79 Å². The number of nitrogens with one attached hydrogen (secondary N) is 1. The second-order valence-corrected chi connectivity index (χ2v) is 9.73. The van der Waals surface area contributed by atoms with Crippen LogP contribution in [0.25, 0.3) is 0 Å². The van der Waals surface area contributed by atoms with Crippen LogP contribution in [0, 0.1) is 10.1 Å². The fraction of sp³-hybridized carbons (Fsp3) is 0.308. The van der Waals surface area contributed by atoms with Gasteiger partial charge in [-0.2, -0.15) is 0 Å². The Hall–Kier alpha value is -4.45. The number of aromatic nitrogens is 1. The highest BCUT2D eigenvalue weighted by Gasteiger charge is 2.46. The standard InChI is InChI=1S/C26H25ClN6O6/c1-15(2)39-20-13-18(33(36)37)7-8-19(20)24-30-22(25-29-10-12-38-25)23(16-3-5-17(27)6-4-16)32(24)26(35)31-11-9-28-21(34)14-31/h3-8,10,12-13,15,22-23H,9,11,14H2,1-2H3,(H,28,34)/t22-,23-/m1/s1. The van der Waals surface area contributed by atoms with E-state index in [4.69, 9.17) is 25.7 Å². The van der Waals surface area contributed by atoms with Crippen LogP contribution < -0.4 is 10.1 Å². The molecule has 0 spiro atoms. The third-order valence-electron chi connectivity index (χ3n) is 6.28. The van der Waals surface area contributed by atoms with E-state index in [1.54, 1.807) is 38.1 Å². The number of carbonyl (C=O) groups is 2. The zero-order valence-electron chi connectivity index (χ0n) is 21.1. The van der Waals surface area contributed by atoms with Crippen LogP contribution in [0.4, 0.5) is 10.5 Å². The number of amides is 3. The summed E-state index contributed by atoms with van der Waals surface area (Å²) in [5, 5.41) is 14.8. The van der Waals surface area contributed by atoms with E-state index in [0.717, 1.165) is 0 Å². The SMILES string of the molecule is CC(C)Oc1cc([N+](=O)[O-])ccc1C1=N[C@@H](c2ncco2)[C@@H](c2ccc(Cl)cc2)N1C(=O)N1CCNC(=O)C1. The molecule has 3 aromatic rings. The molecule has 1 aromatic heterocycles. The van der Waals surface area contributed by atoms with E-state index in [2.05, 4.69) is 10.3 Å². The third-order valence-corrected chi connectivity index (χ3v) is 6.53. The molecule has 2 aliphatic rings. The van der Waals surface area contributed by atoms with Crippen molar-refractivity contribution in [2.75, 3.05) is 19.6 Å². The molecule has 0 aliphatic carbocycles. The molecule has 2 atom stereocenters. The summed E-state index contributed by atoms with van der Waals surface area (Å²) in [7, 11) is 0. The minimum absolute atomic E-state index is 0.130. The molecule has 2 aliphatic heterocycles. The number of nitrogens with zero attached hydrogens (tertiary/aromatic N) is 5. The van der Waals surface area contributed by atoms with Crippen LogP contribution in [0.15, 0.2) is 64.3 Å². The highest BCUT2D eigenvalue weighted by atomic mass is 35.5. The number of aliphatic imine (C=N–C) groups is 1. The number of ether oxygens (including phenoxy) is 1. The number of amidine groups is 1. The van der Waals surface area contributed by atoms with Gasteiger partial charge >= 0.3 is 6.03 Å². The zero-order valence-corrected chi connectivity index (χ0v) is 21.9. The zero-order chi connectivity index (χ0) is 27.7. The van der Waals surface area contributed by atoms with Gasteiger partial charge in [0, 0.05) is 24.2 Å². The smallest absolute Gasteiger partial charge is 0.326 e. The van der Waals surface area contributed by atoms with Gasteiger partial charge in [-0.1, -0.05) is 23.7 Å². The Morgan fingerprint density at radius 3 is 2.67 bits per heavy atom. The predicted molar refractivity (Wildman–Crippen MR) is 141 cm³/mol. The van der Waals surface area contributed by atoms with Crippen molar-refractivity contribution in [1.82, 2.24) is 20.1 Å². The van der Waals surface area contributed by atoms with E-state index in [9.17, 15) is 19.7 Å². The molecule has 13 heteroatoms. The van der Waals surface area contributed by atoms with Crippen LogP contribution >= 0.6 is 11.6 Å². The van der Waals surface area contributed by atoms with Gasteiger partial charge in [-0.05, 0) is 37.6 Å². The van der Waals surface area contributed by atoms with E-state index >= 15 is 0 Å². The molecule has 1 saturated heterocycles. The second kappa shape index (κ2) is 10.7. The van der Waals surface area contributed by atoms with Crippen molar-refractivity contribution in [2.24, 2.45) is 4.99 Å². The Morgan fingerprint density at radius 1 is 1.26 bits per heavy atom. The number of halogens is 1. The summed E-state index contributed by atoms with van der Waals surface area (Å²) >= 11 is 6.16. The Labute approximate surface area is 228 Å². The summed E-state index contributed by atoms with van der Waals surface area (Å²) in [6.45, 7) is 4.05. The Balaban J connectivity index is 1.70. The first-order valence-electron chi connectivity index (χ1n) is 12.3. The molecule has 3 amide bonds. The molecule has 0 saturated carbocycles. The maximum Gasteiger partial charge on any atom is 0.326 e. The van der Waals surface area contributed by atoms with E-state index in [1.165, 1.54) is 40.5 Å². The van der Waals surface area contributed by atoms with Crippen molar-refractivity contribution in [3.8, 4) is 5.75 Å². The van der Waals surface area contributed by atoms with Gasteiger partial charge in [-0.25, -0.2) is 9.78 Å². The second-order valence-electron chi connectivity index (χ2n) is 9.29. The van der Waals surface area contributed by atoms with Crippen LogP contribution in [0.1, 0.15) is 42.9 Å². The summed E-state index contributed by atoms with van der Waals surface area (Å²) in [4.78, 5) is 49.5. The van der Waals surface area contributed by atoms with Gasteiger partial charge in [0.05, 0.1) is 34.9 Å². The number of rotatable bonds is 6. The first kappa shape index (κ1) is 26.2. The number of nitro benzene ring substituents is 1. The molecule has 0 bridgehead atoms. The van der Waals surface area contributed by atoms with E-state index in [0.29, 0.717) is 29.2 Å². The number of nitro groups is 1. The van der Waals surface area contributed by atoms with Crippen molar-refractivity contribution in [2.45, 2.75) is 32.0 Å². The van der Waals surface area contributed by atoms with Gasteiger partial charge in [0.15, 0.2) is 6.04 Å². The summed E-state index contributed by atoms with van der Waals surface area (Å²) in [5.74, 6) is 0.390. The Bertz CT molecular complexity index is 1430. The van der Waals surface area contributed by atoms with Crippen molar-refractivity contribution >= 4 is 35.1 Å². The fourth-order valence-electron chi connectivity index (χ4n) is 4.62. The number of hydrogen-bond acceptors (Lipinski definition) is 8. The van der Waals surface area contributed by atoms with Gasteiger partial charge in [0.2, 0.25) is 11.8 Å². The lowest BCUT2D eigenvalue weighted by atomic mass is 9.99. The van der Waals surface area contributed by atoms with E-state index in [1.807, 2.05) is 0 Å². The molecule has 3 heterocycles. The van der Waals surface area contributed by atoms with Crippen LogP contribution in [0.3, 0.4) is 0 Å². The maximum atomic E-state index is 14.2. The highest BCUT2D eigenvalue weighted by molar-refractivity contribution is 6.30. The number of carbonyl (C=O) groups excluding carboxylic acids is 2. The van der Waals surface area contributed by atoms with Gasteiger partial charge in [0.1, 0.15) is 24.4 Å². The van der Waals surface area contributed by atoms with Crippen LogP contribution in [-0.4, -0.2) is 63.2 Å².